The molecular formula is C21H20N4OS. The standard InChI is InChI=1S/C21H20N4OS/c1-13(2)26-15-8-6-7-14(11-15)19-12-17(20-23-24-21(27)25(20)3)16-9-4-5-10-18(16)22-19/h4-13H,1-3H3,(H,24,27). The first-order valence-electron chi connectivity index (χ1n) is 8.81. The molecule has 0 bridgehead atoms. The zero-order valence-electron chi connectivity index (χ0n) is 15.4. The number of aromatic amines is 1. The number of benzene rings is 2. The minimum atomic E-state index is 0.119. The van der Waals surface area contributed by atoms with Gasteiger partial charge in [0.05, 0.1) is 17.3 Å². The van der Waals surface area contributed by atoms with Crippen LogP contribution >= 0.6 is 12.2 Å². The van der Waals surface area contributed by atoms with E-state index >= 15 is 0 Å². The molecular weight excluding hydrogens is 356 g/mol. The van der Waals surface area contributed by atoms with Gasteiger partial charge in [-0.25, -0.2) is 4.98 Å². The second kappa shape index (κ2) is 6.96. The summed E-state index contributed by atoms with van der Waals surface area (Å²) < 4.78 is 8.30. The smallest absolute Gasteiger partial charge is 0.195 e. The van der Waals surface area contributed by atoms with Crippen LogP contribution in [0.1, 0.15) is 13.8 Å². The van der Waals surface area contributed by atoms with Gasteiger partial charge in [0.2, 0.25) is 0 Å². The number of para-hydroxylation sites is 1. The van der Waals surface area contributed by atoms with E-state index in [1.54, 1.807) is 0 Å². The van der Waals surface area contributed by atoms with Crippen molar-refractivity contribution in [3.05, 3.63) is 59.4 Å². The number of H-pyrrole nitrogens is 1. The number of nitrogens with zero attached hydrogens (tertiary/aromatic N) is 3. The summed E-state index contributed by atoms with van der Waals surface area (Å²) in [5.41, 5.74) is 3.76. The molecule has 2 aromatic carbocycles. The van der Waals surface area contributed by atoms with Crippen molar-refractivity contribution in [2.45, 2.75) is 20.0 Å². The monoisotopic (exact) mass is 376 g/mol. The molecule has 1 N–H and O–H groups in total. The molecule has 2 heterocycles. The van der Waals surface area contributed by atoms with Gasteiger partial charge < -0.3 is 9.30 Å². The number of rotatable bonds is 4. The van der Waals surface area contributed by atoms with E-state index in [0.29, 0.717) is 4.77 Å². The average molecular weight is 376 g/mol. The summed E-state index contributed by atoms with van der Waals surface area (Å²) >= 11 is 5.29. The van der Waals surface area contributed by atoms with E-state index in [1.165, 1.54) is 0 Å². The summed E-state index contributed by atoms with van der Waals surface area (Å²) in [7, 11) is 1.91. The Morgan fingerprint density at radius 3 is 2.63 bits per heavy atom. The van der Waals surface area contributed by atoms with Crippen molar-refractivity contribution in [2.24, 2.45) is 7.05 Å². The highest BCUT2D eigenvalue weighted by Crippen LogP contribution is 2.32. The summed E-state index contributed by atoms with van der Waals surface area (Å²) in [6.07, 6.45) is 0.119. The molecule has 0 aliphatic carbocycles. The SMILES string of the molecule is CC(C)Oc1cccc(-c2cc(-c3n[nH]c(=S)n3C)c3ccccc3n2)c1. The highest BCUT2D eigenvalue weighted by atomic mass is 32.1. The van der Waals surface area contributed by atoms with Crippen molar-refractivity contribution in [2.75, 3.05) is 0 Å². The van der Waals surface area contributed by atoms with Gasteiger partial charge >= 0.3 is 0 Å². The number of fused-ring (bicyclic) bond motifs is 1. The van der Waals surface area contributed by atoms with E-state index in [9.17, 15) is 0 Å². The average Bonchev–Trinajstić information content (AvgIpc) is 2.99. The van der Waals surface area contributed by atoms with E-state index in [1.807, 2.05) is 67.9 Å². The Labute approximate surface area is 162 Å². The zero-order chi connectivity index (χ0) is 19.0. The van der Waals surface area contributed by atoms with Gasteiger partial charge in [-0.1, -0.05) is 30.3 Å². The minimum Gasteiger partial charge on any atom is -0.491 e. The summed E-state index contributed by atoms with van der Waals surface area (Å²) in [6.45, 7) is 4.03. The molecule has 5 nitrogen and oxygen atoms in total. The fourth-order valence-corrected chi connectivity index (χ4v) is 3.23. The van der Waals surface area contributed by atoms with E-state index in [-0.39, 0.29) is 6.10 Å². The van der Waals surface area contributed by atoms with Crippen molar-refractivity contribution < 1.29 is 4.74 Å². The largest absolute Gasteiger partial charge is 0.491 e. The van der Waals surface area contributed by atoms with Crippen LogP contribution in [0.25, 0.3) is 33.5 Å². The van der Waals surface area contributed by atoms with Crippen molar-refractivity contribution in [1.29, 1.82) is 0 Å². The number of pyridine rings is 1. The van der Waals surface area contributed by atoms with Gasteiger partial charge in [-0.2, -0.15) is 5.10 Å². The van der Waals surface area contributed by atoms with Gasteiger partial charge in [-0.05, 0) is 50.3 Å². The maximum atomic E-state index is 5.84. The summed E-state index contributed by atoms with van der Waals surface area (Å²) in [4.78, 5) is 4.86. The Hall–Kier alpha value is -2.99. The first-order valence-corrected chi connectivity index (χ1v) is 9.22. The topological polar surface area (TPSA) is 55.7 Å². The van der Waals surface area contributed by atoms with Crippen molar-refractivity contribution >= 4 is 23.1 Å². The molecule has 136 valence electrons. The fraction of sp³-hybridized carbons (Fsp3) is 0.190. The molecule has 0 atom stereocenters. The lowest BCUT2D eigenvalue weighted by atomic mass is 10.0. The Morgan fingerprint density at radius 1 is 1.07 bits per heavy atom. The molecule has 2 aromatic heterocycles. The highest BCUT2D eigenvalue weighted by Gasteiger charge is 2.14. The molecule has 6 heteroatoms. The van der Waals surface area contributed by atoms with Crippen molar-refractivity contribution in [3.63, 3.8) is 0 Å². The number of nitrogens with one attached hydrogen (secondary N) is 1. The van der Waals surface area contributed by atoms with Crippen LogP contribution in [-0.4, -0.2) is 25.9 Å². The molecule has 0 radical (unpaired) electrons. The number of ether oxygens (including phenoxy) is 1. The summed E-state index contributed by atoms with van der Waals surface area (Å²) in [5, 5.41) is 8.32. The molecule has 0 unspecified atom stereocenters. The van der Waals surface area contributed by atoms with Gasteiger partial charge in [0.15, 0.2) is 10.6 Å². The summed E-state index contributed by atoms with van der Waals surface area (Å²) in [5.74, 6) is 1.62. The van der Waals surface area contributed by atoms with E-state index in [4.69, 9.17) is 21.9 Å². The molecule has 27 heavy (non-hydrogen) atoms. The van der Waals surface area contributed by atoms with E-state index < -0.39 is 0 Å². The first-order chi connectivity index (χ1) is 13.0. The maximum absolute atomic E-state index is 5.84. The van der Waals surface area contributed by atoms with Gasteiger partial charge in [-0.15, -0.1) is 0 Å². The zero-order valence-corrected chi connectivity index (χ0v) is 16.2. The van der Waals surface area contributed by atoms with Gasteiger partial charge in [0, 0.05) is 23.6 Å². The molecule has 4 rings (SSSR count). The number of hydrogen-bond donors (Lipinski definition) is 1. The minimum absolute atomic E-state index is 0.119. The lowest BCUT2D eigenvalue weighted by Gasteiger charge is -2.12. The van der Waals surface area contributed by atoms with Crippen LogP contribution < -0.4 is 4.74 Å². The molecule has 0 spiro atoms. The highest BCUT2D eigenvalue weighted by molar-refractivity contribution is 7.71. The van der Waals surface area contributed by atoms with Crippen molar-refractivity contribution in [1.82, 2.24) is 19.7 Å². The molecule has 0 aliphatic rings. The Balaban J connectivity index is 1.93. The second-order valence-corrected chi connectivity index (χ2v) is 7.06. The van der Waals surface area contributed by atoms with Crippen LogP contribution in [0.2, 0.25) is 0 Å². The van der Waals surface area contributed by atoms with E-state index in [0.717, 1.165) is 39.3 Å². The maximum Gasteiger partial charge on any atom is 0.195 e. The van der Waals surface area contributed by atoms with Crippen molar-refractivity contribution in [3.8, 4) is 28.4 Å². The predicted molar refractivity (Wildman–Crippen MR) is 110 cm³/mol. The first kappa shape index (κ1) is 17.4. The Kier molecular flexibility index (Phi) is 4.49. The third-order valence-corrected chi connectivity index (χ3v) is 4.70. The lowest BCUT2D eigenvalue weighted by molar-refractivity contribution is 0.242. The predicted octanol–water partition coefficient (Wildman–Crippen LogP) is 5.15. The van der Waals surface area contributed by atoms with Gasteiger partial charge in [-0.3, -0.25) is 5.10 Å². The van der Waals surface area contributed by atoms with E-state index in [2.05, 4.69) is 22.3 Å². The molecule has 0 aliphatic heterocycles. The third kappa shape index (κ3) is 3.36. The molecule has 0 saturated carbocycles. The fourth-order valence-electron chi connectivity index (χ4n) is 3.10. The Bertz CT molecular complexity index is 1180. The van der Waals surface area contributed by atoms with Gasteiger partial charge in [0.25, 0.3) is 0 Å². The lowest BCUT2D eigenvalue weighted by Crippen LogP contribution is -2.05. The number of aromatic nitrogens is 4. The second-order valence-electron chi connectivity index (χ2n) is 6.68. The molecule has 0 fully saturated rings. The van der Waals surface area contributed by atoms with Crippen LogP contribution in [0.4, 0.5) is 0 Å². The summed E-state index contributed by atoms with van der Waals surface area (Å²) in [6, 6.07) is 18.1. The van der Waals surface area contributed by atoms with Crippen LogP contribution in [0.3, 0.4) is 0 Å². The van der Waals surface area contributed by atoms with Gasteiger partial charge in [0.1, 0.15) is 5.75 Å². The number of hydrogen-bond acceptors (Lipinski definition) is 4. The van der Waals surface area contributed by atoms with Crippen LogP contribution in [0.15, 0.2) is 54.6 Å². The molecule has 0 saturated heterocycles. The van der Waals surface area contributed by atoms with Crippen LogP contribution in [0.5, 0.6) is 5.75 Å². The van der Waals surface area contributed by atoms with Crippen LogP contribution in [-0.2, 0) is 7.05 Å². The normalized spacial score (nSPS) is 11.3. The molecule has 4 aromatic rings. The third-order valence-electron chi connectivity index (χ3n) is 4.34. The molecule has 0 amide bonds. The van der Waals surface area contributed by atoms with Crippen LogP contribution in [0, 0.1) is 4.77 Å². The quantitative estimate of drug-likeness (QED) is 0.501. The Morgan fingerprint density at radius 2 is 1.89 bits per heavy atom.